The first kappa shape index (κ1) is 17.0. The van der Waals surface area contributed by atoms with Gasteiger partial charge in [-0.25, -0.2) is 13.1 Å². The highest BCUT2D eigenvalue weighted by atomic mass is 32.2. The van der Waals surface area contributed by atoms with E-state index in [0.29, 0.717) is 12.3 Å². The highest BCUT2D eigenvalue weighted by Gasteiger charge is 2.44. The summed E-state index contributed by atoms with van der Waals surface area (Å²) >= 11 is 0. The van der Waals surface area contributed by atoms with Crippen LogP contribution >= 0.6 is 0 Å². The van der Waals surface area contributed by atoms with E-state index in [0.717, 1.165) is 24.0 Å². The lowest BCUT2D eigenvalue weighted by atomic mass is 9.96. The minimum Gasteiger partial charge on any atom is -0.495 e. The zero-order valence-electron chi connectivity index (χ0n) is 14.3. The second-order valence-corrected chi connectivity index (χ2v) is 8.29. The van der Waals surface area contributed by atoms with Gasteiger partial charge in [0.1, 0.15) is 10.6 Å². The fraction of sp³-hybridized carbons (Fsp3) is 0.368. The highest BCUT2D eigenvalue weighted by Crippen LogP contribution is 2.47. The molecule has 128 valence electrons. The molecule has 1 N–H and O–H groups in total. The lowest BCUT2D eigenvalue weighted by Gasteiger charge is -2.18. The lowest BCUT2D eigenvalue weighted by Crippen LogP contribution is -2.32. The summed E-state index contributed by atoms with van der Waals surface area (Å²) in [5.74, 6) is 0.384. The summed E-state index contributed by atoms with van der Waals surface area (Å²) < 4.78 is 33.7. The van der Waals surface area contributed by atoms with Crippen molar-refractivity contribution >= 4 is 10.0 Å². The van der Waals surface area contributed by atoms with Gasteiger partial charge in [0, 0.05) is 12.0 Å². The van der Waals surface area contributed by atoms with Crippen LogP contribution in [0.1, 0.15) is 29.5 Å². The molecule has 1 saturated carbocycles. The molecule has 0 spiro atoms. The first-order chi connectivity index (χ1) is 11.4. The van der Waals surface area contributed by atoms with E-state index in [-0.39, 0.29) is 10.3 Å². The second-order valence-electron chi connectivity index (χ2n) is 6.56. The molecule has 0 saturated heterocycles. The summed E-state index contributed by atoms with van der Waals surface area (Å²) in [5.41, 5.74) is 3.07. The molecule has 0 atom stereocenters. The average Bonchev–Trinajstić information content (AvgIpc) is 3.37. The Labute approximate surface area is 143 Å². The van der Waals surface area contributed by atoms with E-state index in [2.05, 4.69) is 16.9 Å². The van der Waals surface area contributed by atoms with Crippen molar-refractivity contribution < 1.29 is 13.2 Å². The zero-order chi connectivity index (χ0) is 17.4. The third kappa shape index (κ3) is 3.19. The van der Waals surface area contributed by atoms with Crippen molar-refractivity contribution in [3.63, 3.8) is 0 Å². The van der Waals surface area contributed by atoms with E-state index < -0.39 is 10.0 Å². The van der Waals surface area contributed by atoms with Crippen molar-refractivity contribution in [1.29, 1.82) is 0 Å². The maximum Gasteiger partial charge on any atom is 0.244 e. The molecule has 3 rings (SSSR count). The predicted octanol–water partition coefficient (Wildman–Crippen LogP) is 3.32. The predicted molar refractivity (Wildman–Crippen MR) is 95.0 cm³/mol. The average molecular weight is 345 g/mol. The third-order valence-corrected chi connectivity index (χ3v) is 6.33. The Morgan fingerprint density at radius 2 is 1.71 bits per heavy atom. The molecule has 0 aliphatic heterocycles. The van der Waals surface area contributed by atoms with Crippen LogP contribution in [-0.4, -0.2) is 22.1 Å². The van der Waals surface area contributed by atoms with Crippen molar-refractivity contribution in [2.24, 2.45) is 0 Å². The number of nitrogens with one attached hydrogen (secondary N) is 1. The van der Waals surface area contributed by atoms with Crippen molar-refractivity contribution in [3.8, 4) is 5.75 Å². The molecule has 1 fully saturated rings. The number of methoxy groups -OCH3 is 1. The first-order valence-corrected chi connectivity index (χ1v) is 9.57. The van der Waals surface area contributed by atoms with Gasteiger partial charge in [0.05, 0.1) is 7.11 Å². The third-order valence-electron chi connectivity index (χ3n) is 4.91. The minimum absolute atomic E-state index is 0.0681. The van der Waals surface area contributed by atoms with E-state index >= 15 is 0 Å². The Kier molecular flexibility index (Phi) is 4.40. The molecule has 2 aromatic carbocycles. The number of hydrogen-bond donors (Lipinski definition) is 1. The van der Waals surface area contributed by atoms with Gasteiger partial charge in [0.15, 0.2) is 0 Å². The molecule has 0 amide bonds. The second kappa shape index (κ2) is 6.22. The molecule has 0 radical (unpaired) electrons. The number of benzene rings is 2. The van der Waals surface area contributed by atoms with Gasteiger partial charge in [-0.1, -0.05) is 30.3 Å². The monoisotopic (exact) mass is 345 g/mol. The number of aryl methyl sites for hydroxylation is 2. The molecule has 2 aromatic rings. The van der Waals surface area contributed by atoms with Gasteiger partial charge >= 0.3 is 0 Å². The Morgan fingerprint density at radius 1 is 1.08 bits per heavy atom. The van der Waals surface area contributed by atoms with E-state index in [4.69, 9.17) is 4.74 Å². The van der Waals surface area contributed by atoms with Crippen LogP contribution in [-0.2, 0) is 15.4 Å². The molecule has 0 bridgehead atoms. The van der Waals surface area contributed by atoms with Crippen LogP contribution in [0.5, 0.6) is 5.75 Å². The van der Waals surface area contributed by atoms with Crippen LogP contribution in [0.15, 0.2) is 47.4 Å². The lowest BCUT2D eigenvalue weighted by molar-refractivity contribution is 0.401. The summed E-state index contributed by atoms with van der Waals surface area (Å²) in [6.07, 6.45) is 2.01. The Bertz CT molecular complexity index is 840. The zero-order valence-corrected chi connectivity index (χ0v) is 15.1. The normalized spacial score (nSPS) is 16.0. The first-order valence-electron chi connectivity index (χ1n) is 8.08. The Balaban J connectivity index is 1.84. The number of ether oxygens (including phenoxy) is 1. The number of hydrogen-bond acceptors (Lipinski definition) is 3. The Hall–Kier alpha value is -1.85. The van der Waals surface area contributed by atoms with Crippen LogP contribution in [0.4, 0.5) is 0 Å². The van der Waals surface area contributed by atoms with E-state index in [9.17, 15) is 8.42 Å². The molecule has 0 unspecified atom stereocenters. The summed E-state index contributed by atoms with van der Waals surface area (Å²) in [6.45, 7) is 4.26. The highest BCUT2D eigenvalue weighted by molar-refractivity contribution is 7.89. The molecule has 0 aromatic heterocycles. The summed E-state index contributed by atoms with van der Waals surface area (Å²) in [6, 6.07) is 13.6. The topological polar surface area (TPSA) is 55.4 Å². The minimum atomic E-state index is -3.62. The Morgan fingerprint density at radius 3 is 2.29 bits per heavy atom. The van der Waals surface area contributed by atoms with Crippen LogP contribution < -0.4 is 9.46 Å². The molecule has 0 heterocycles. The van der Waals surface area contributed by atoms with Gasteiger partial charge in [-0.2, -0.15) is 0 Å². The van der Waals surface area contributed by atoms with Crippen molar-refractivity contribution in [2.45, 2.75) is 37.0 Å². The maximum atomic E-state index is 12.8. The summed E-state index contributed by atoms with van der Waals surface area (Å²) in [5, 5.41) is 0. The van der Waals surface area contributed by atoms with Gasteiger partial charge in [-0.05, 0) is 55.5 Å². The summed E-state index contributed by atoms with van der Waals surface area (Å²) in [7, 11) is -2.12. The quantitative estimate of drug-likeness (QED) is 0.874. The maximum absolute atomic E-state index is 12.8. The van der Waals surface area contributed by atoms with Gasteiger partial charge in [0.2, 0.25) is 10.0 Å². The van der Waals surface area contributed by atoms with E-state index in [1.54, 1.807) is 12.1 Å². The van der Waals surface area contributed by atoms with Crippen LogP contribution in [0.3, 0.4) is 0 Å². The van der Waals surface area contributed by atoms with Crippen LogP contribution in [0.2, 0.25) is 0 Å². The fourth-order valence-electron chi connectivity index (χ4n) is 2.95. The fourth-order valence-corrected chi connectivity index (χ4v) is 4.31. The van der Waals surface area contributed by atoms with Crippen molar-refractivity contribution in [3.05, 3.63) is 59.2 Å². The van der Waals surface area contributed by atoms with Crippen molar-refractivity contribution in [1.82, 2.24) is 4.72 Å². The number of rotatable bonds is 6. The van der Waals surface area contributed by atoms with Gasteiger partial charge in [-0.15, -0.1) is 0 Å². The van der Waals surface area contributed by atoms with Gasteiger partial charge in [0.25, 0.3) is 0 Å². The van der Waals surface area contributed by atoms with Crippen LogP contribution in [0.25, 0.3) is 0 Å². The van der Waals surface area contributed by atoms with Crippen molar-refractivity contribution in [2.75, 3.05) is 13.7 Å². The van der Waals surface area contributed by atoms with E-state index in [1.165, 1.54) is 12.7 Å². The molecule has 1 aliphatic carbocycles. The van der Waals surface area contributed by atoms with E-state index in [1.807, 2.05) is 32.0 Å². The molecular formula is C19H23NO3S. The SMILES string of the molecule is COc1cc(C)c(C)cc1S(=O)(=O)NCC1(c2ccccc2)CC1. The summed E-state index contributed by atoms with van der Waals surface area (Å²) in [4.78, 5) is 0.206. The standard InChI is InChI=1S/C19H23NO3S/c1-14-11-17(23-3)18(12-15(14)2)24(21,22)20-13-19(9-10-19)16-7-5-4-6-8-16/h4-8,11-12,20H,9-10,13H2,1-3H3. The molecular weight excluding hydrogens is 322 g/mol. The van der Waals surface area contributed by atoms with Gasteiger partial charge in [-0.3, -0.25) is 0 Å². The van der Waals surface area contributed by atoms with Crippen LogP contribution in [0, 0.1) is 13.8 Å². The molecule has 1 aliphatic rings. The number of sulfonamides is 1. The molecule has 24 heavy (non-hydrogen) atoms. The van der Waals surface area contributed by atoms with Gasteiger partial charge < -0.3 is 4.74 Å². The molecule has 4 nitrogen and oxygen atoms in total. The molecule has 5 heteroatoms. The smallest absolute Gasteiger partial charge is 0.244 e. The largest absolute Gasteiger partial charge is 0.495 e.